The second kappa shape index (κ2) is 10.2. The van der Waals surface area contributed by atoms with Gasteiger partial charge in [-0.2, -0.15) is 0 Å². The summed E-state index contributed by atoms with van der Waals surface area (Å²) in [6.07, 6.45) is 8.88. The predicted octanol–water partition coefficient (Wildman–Crippen LogP) is 3.19. The molecular formula is C21H31ClN4O2. The fraction of sp³-hybridized carbons (Fsp3) is 0.619. The van der Waals surface area contributed by atoms with Gasteiger partial charge in [-0.3, -0.25) is 15.0 Å². The van der Waals surface area contributed by atoms with E-state index in [4.69, 9.17) is 11.6 Å². The van der Waals surface area contributed by atoms with Crippen molar-refractivity contribution < 1.29 is 9.59 Å². The van der Waals surface area contributed by atoms with E-state index >= 15 is 0 Å². The van der Waals surface area contributed by atoms with E-state index < -0.39 is 0 Å². The molecule has 1 aliphatic heterocycles. The Kier molecular flexibility index (Phi) is 7.71. The molecule has 2 aliphatic rings. The molecule has 6 nitrogen and oxygen atoms in total. The van der Waals surface area contributed by atoms with Gasteiger partial charge in [0.05, 0.1) is 18.6 Å². The molecular weight excluding hydrogens is 376 g/mol. The first kappa shape index (κ1) is 21.1. The minimum absolute atomic E-state index is 0.0794. The fourth-order valence-electron chi connectivity index (χ4n) is 4.33. The van der Waals surface area contributed by atoms with Crippen LogP contribution >= 0.6 is 11.6 Å². The summed E-state index contributed by atoms with van der Waals surface area (Å²) in [5.74, 6) is 0.545. The normalized spacial score (nSPS) is 23.9. The van der Waals surface area contributed by atoms with Crippen molar-refractivity contribution in [2.75, 3.05) is 0 Å². The van der Waals surface area contributed by atoms with Crippen molar-refractivity contribution in [1.29, 1.82) is 0 Å². The zero-order valence-corrected chi connectivity index (χ0v) is 17.2. The molecule has 3 unspecified atom stereocenters. The summed E-state index contributed by atoms with van der Waals surface area (Å²) in [6.45, 7) is 1.46. The summed E-state index contributed by atoms with van der Waals surface area (Å²) < 4.78 is 0. The molecule has 154 valence electrons. The minimum atomic E-state index is -0.373. The summed E-state index contributed by atoms with van der Waals surface area (Å²) in [6, 6.07) is 7.24. The number of hydrazine groups is 1. The monoisotopic (exact) mass is 406 g/mol. The van der Waals surface area contributed by atoms with E-state index in [1.807, 2.05) is 12.1 Å². The Morgan fingerprint density at radius 1 is 1.14 bits per heavy atom. The maximum Gasteiger partial charge on any atom is 0.223 e. The number of nitrogens with one attached hydrogen (secondary N) is 4. The highest BCUT2D eigenvalue weighted by Crippen LogP contribution is 2.28. The second-order valence-corrected chi connectivity index (χ2v) is 8.53. The highest BCUT2D eigenvalue weighted by Gasteiger charge is 2.28. The molecule has 0 aromatic heterocycles. The molecule has 1 heterocycles. The van der Waals surface area contributed by atoms with E-state index in [1.165, 1.54) is 45.4 Å². The number of carbonyl (C=O) groups is 2. The zero-order valence-electron chi connectivity index (χ0n) is 16.5. The summed E-state index contributed by atoms with van der Waals surface area (Å²) in [7, 11) is 0. The third-order valence-electron chi connectivity index (χ3n) is 5.70. The molecule has 1 aliphatic carbocycles. The Morgan fingerprint density at radius 3 is 2.54 bits per heavy atom. The van der Waals surface area contributed by atoms with Crippen LogP contribution in [0.4, 0.5) is 0 Å². The third-order valence-corrected chi connectivity index (χ3v) is 5.95. The molecule has 0 radical (unpaired) electrons. The molecule has 4 N–H and O–H groups in total. The zero-order chi connectivity index (χ0) is 19.9. The van der Waals surface area contributed by atoms with Crippen molar-refractivity contribution in [3.05, 3.63) is 34.9 Å². The van der Waals surface area contributed by atoms with Crippen LogP contribution in [0.15, 0.2) is 24.3 Å². The lowest BCUT2D eigenvalue weighted by molar-refractivity contribution is -0.123. The lowest BCUT2D eigenvalue weighted by atomic mass is 9.84. The smallest absolute Gasteiger partial charge is 0.223 e. The van der Waals surface area contributed by atoms with Gasteiger partial charge < -0.3 is 10.6 Å². The van der Waals surface area contributed by atoms with Gasteiger partial charge in [-0.1, -0.05) is 55.8 Å². The molecule has 7 heteroatoms. The van der Waals surface area contributed by atoms with Gasteiger partial charge in [-0.05, 0) is 36.5 Å². The van der Waals surface area contributed by atoms with Crippen LogP contribution in [-0.2, 0) is 9.59 Å². The number of hydrogen-bond acceptors (Lipinski definition) is 4. The Labute approximate surface area is 172 Å². The lowest BCUT2D eigenvalue weighted by Gasteiger charge is -2.24. The number of benzene rings is 1. The molecule has 1 saturated carbocycles. The van der Waals surface area contributed by atoms with Gasteiger partial charge in [-0.25, -0.2) is 5.43 Å². The van der Waals surface area contributed by atoms with Crippen LogP contribution in [0.25, 0.3) is 0 Å². The second-order valence-electron chi connectivity index (χ2n) is 8.09. The van der Waals surface area contributed by atoms with E-state index in [-0.39, 0.29) is 30.4 Å². The maximum atomic E-state index is 12.6. The lowest BCUT2D eigenvalue weighted by Crippen LogP contribution is -2.45. The summed E-state index contributed by atoms with van der Waals surface area (Å²) in [4.78, 5) is 24.1. The largest absolute Gasteiger partial charge is 0.349 e. The Morgan fingerprint density at radius 2 is 1.86 bits per heavy atom. The molecule has 1 aromatic carbocycles. The fourth-order valence-corrected chi connectivity index (χ4v) is 4.45. The van der Waals surface area contributed by atoms with Gasteiger partial charge in [-0.15, -0.1) is 0 Å². The van der Waals surface area contributed by atoms with Crippen LogP contribution in [0.3, 0.4) is 0 Å². The van der Waals surface area contributed by atoms with E-state index in [0.717, 1.165) is 17.9 Å². The average Bonchev–Trinajstić information content (AvgIpc) is 3.09. The molecule has 28 heavy (non-hydrogen) atoms. The van der Waals surface area contributed by atoms with E-state index in [2.05, 4.69) is 21.5 Å². The van der Waals surface area contributed by atoms with Gasteiger partial charge in [0, 0.05) is 18.0 Å². The topological polar surface area (TPSA) is 82.3 Å². The summed E-state index contributed by atoms with van der Waals surface area (Å²) in [5, 5.41) is 6.52. The maximum absolute atomic E-state index is 12.6. The Bertz CT molecular complexity index is 661. The quantitative estimate of drug-likeness (QED) is 0.560. The van der Waals surface area contributed by atoms with Crippen LogP contribution < -0.4 is 21.5 Å². The van der Waals surface area contributed by atoms with Crippen molar-refractivity contribution in [3.8, 4) is 0 Å². The van der Waals surface area contributed by atoms with Gasteiger partial charge in [0.25, 0.3) is 0 Å². The first-order chi connectivity index (χ1) is 13.5. The minimum Gasteiger partial charge on any atom is -0.349 e. The molecule has 2 amide bonds. The number of rotatable bonds is 7. The SMILES string of the molecule is CC(=O)NC(CC(=O)NC1CC(CC2CCCCC2)NN1)c1ccc(Cl)cc1. The van der Waals surface area contributed by atoms with Gasteiger partial charge >= 0.3 is 0 Å². The summed E-state index contributed by atoms with van der Waals surface area (Å²) in [5.41, 5.74) is 7.40. The highest BCUT2D eigenvalue weighted by molar-refractivity contribution is 6.30. The molecule has 2 fully saturated rings. The van der Waals surface area contributed by atoms with Crippen molar-refractivity contribution >= 4 is 23.4 Å². The highest BCUT2D eigenvalue weighted by atomic mass is 35.5. The van der Waals surface area contributed by atoms with Crippen LogP contribution in [0, 0.1) is 5.92 Å². The first-order valence-electron chi connectivity index (χ1n) is 10.3. The van der Waals surface area contributed by atoms with Crippen molar-refractivity contribution in [2.24, 2.45) is 5.92 Å². The van der Waals surface area contributed by atoms with Gasteiger partial charge in [0.2, 0.25) is 11.8 Å². The molecule has 3 atom stereocenters. The predicted molar refractivity (Wildman–Crippen MR) is 110 cm³/mol. The third kappa shape index (κ3) is 6.47. The van der Waals surface area contributed by atoms with Crippen molar-refractivity contribution in [3.63, 3.8) is 0 Å². The number of hydrogen-bond donors (Lipinski definition) is 4. The Balaban J connectivity index is 1.48. The molecule has 0 bridgehead atoms. The summed E-state index contributed by atoms with van der Waals surface area (Å²) >= 11 is 5.94. The number of carbonyl (C=O) groups excluding carboxylic acids is 2. The van der Waals surface area contributed by atoms with Gasteiger partial charge in [0.1, 0.15) is 0 Å². The number of amides is 2. The van der Waals surface area contributed by atoms with E-state index in [9.17, 15) is 9.59 Å². The molecule has 1 aromatic rings. The van der Waals surface area contributed by atoms with Crippen molar-refractivity contribution in [2.45, 2.75) is 76.5 Å². The first-order valence-corrected chi connectivity index (χ1v) is 10.7. The van der Waals surface area contributed by atoms with Gasteiger partial charge in [0.15, 0.2) is 0 Å². The van der Waals surface area contributed by atoms with Crippen LogP contribution in [0.1, 0.15) is 69.9 Å². The molecule has 3 rings (SSSR count). The van der Waals surface area contributed by atoms with Crippen LogP contribution in [0.2, 0.25) is 5.02 Å². The standard InChI is InChI=1S/C21H31ClN4O2/c1-14(27)23-19(16-7-9-17(22)10-8-16)13-21(28)24-20-12-18(25-26-20)11-15-5-3-2-4-6-15/h7-10,15,18-20,25-26H,2-6,11-13H2,1H3,(H,23,27)(H,24,28). The Hall–Kier alpha value is -1.63. The van der Waals surface area contributed by atoms with E-state index in [1.54, 1.807) is 12.1 Å². The van der Waals surface area contributed by atoms with E-state index in [0.29, 0.717) is 11.1 Å². The van der Waals surface area contributed by atoms with Crippen LogP contribution in [-0.4, -0.2) is 24.0 Å². The van der Waals surface area contributed by atoms with Crippen LogP contribution in [0.5, 0.6) is 0 Å². The molecule has 1 saturated heterocycles. The molecule has 0 spiro atoms. The number of halogens is 1. The van der Waals surface area contributed by atoms with Crippen molar-refractivity contribution in [1.82, 2.24) is 21.5 Å². The average molecular weight is 407 g/mol.